The Kier molecular flexibility index (Phi) is 7.23. The van der Waals surface area contributed by atoms with Gasteiger partial charge in [0.25, 0.3) is 0 Å². The van der Waals surface area contributed by atoms with E-state index in [0.717, 1.165) is 0 Å². The molecule has 0 aliphatic heterocycles. The van der Waals surface area contributed by atoms with Gasteiger partial charge in [-0.15, -0.1) is 0 Å². The number of hydrogen-bond donors (Lipinski definition) is 2. The van der Waals surface area contributed by atoms with Crippen molar-refractivity contribution in [2.24, 2.45) is 0 Å². The van der Waals surface area contributed by atoms with Crippen molar-refractivity contribution in [1.82, 2.24) is 5.32 Å². The van der Waals surface area contributed by atoms with E-state index in [1.807, 2.05) is 12.1 Å². The summed E-state index contributed by atoms with van der Waals surface area (Å²) in [6, 6.07) is 6.42. The van der Waals surface area contributed by atoms with Gasteiger partial charge >= 0.3 is 139 Å². The fourth-order valence-corrected chi connectivity index (χ4v) is 5.32. The zero-order valence-electron chi connectivity index (χ0n) is 12.2. The van der Waals surface area contributed by atoms with Gasteiger partial charge in [0.1, 0.15) is 0 Å². The van der Waals surface area contributed by atoms with Crippen molar-refractivity contribution in [3.05, 3.63) is 29.8 Å². The Bertz CT molecular complexity index is 477. The van der Waals surface area contributed by atoms with Gasteiger partial charge in [-0.05, 0) is 0 Å². The number of halogens is 3. The Morgan fingerprint density at radius 2 is 1.81 bits per heavy atom. The first kappa shape index (κ1) is 19.0. The molecule has 1 aromatic carbocycles. The molecule has 2 atom stereocenters. The van der Waals surface area contributed by atoms with Crippen LogP contribution < -0.4 is 8.90 Å². The number of hydrogen-bond acceptors (Lipinski definition) is 2. The third kappa shape index (κ3) is 5.58. The molecule has 0 heterocycles. The van der Waals surface area contributed by atoms with Crippen molar-refractivity contribution in [2.45, 2.75) is 31.8 Å². The number of alkyl halides is 3. The molecule has 0 fully saturated rings. The average Bonchev–Trinajstić information content (AvgIpc) is 2.42. The van der Waals surface area contributed by atoms with E-state index >= 15 is 0 Å². The third-order valence-corrected chi connectivity index (χ3v) is 9.48. The number of amides is 1. The summed E-state index contributed by atoms with van der Waals surface area (Å²) in [6.07, 6.45) is -1.14. The van der Waals surface area contributed by atoms with Crippen molar-refractivity contribution < 1.29 is 14.3 Å². The number of carbonyl (C=O) groups is 1. The van der Waals surface area contributed by atoms with E-state index in [0.29, 0.717) is 5.56 Å². The molecule has 0 saturated heterocycles. The summed E-state index contributed by atoms with van der Waals surface area (Å²) in [5, 5.41) is 12.5. The van der Waals surface area contributed by atoms with Gasteiger partial charge in [-0.1, -0.05) is 0 Å². The van der Waals surface area contributed by atoms with Crippen LogP contribution in [-0.4, -0.2) is 46.9 Å². The summed E-state index contributed by atoms with van der Waals surface area (Å²) in [7, 11) is 0. The van der Waals surface area contributed by atoms with Crippen LogP contribution in [0.25, 0.3) is 0 Å². The molecule has 2 N–H and O–H groups in total. The maximum absolute atomic E-state index is 13.0. The fourth-order valence-electron chi connectivity index (χ4n) is 1.86. The van der Waals surface area contributed by atoms with Crippen LogP contribution in [0.5, 0.6) is 0 Å². The molecule has 7 heteroatoms. The first-order valence-corrected chi connectivity index (χ1v) is 17.5. The Labute approximate surface area is 138 Å². The summed E-state index contributed by atoms with van der Waals surface area (Å²) >= 11 is 8.66. The number of rotatable bonds is 6. The summed E-state index contributed by atoms with van der Waals surface area (Å²) in [5.41, 5.74) is 0.554. The van der Waals surface area contributed by atoms with Crippen LogP contribution in [0, 0.1) is 0 Å². The summed E-state index contributed by atoms with van der Waals surface area (Å²) in [6.45, 7) is -0.909. The number of aliphatic hydroxyl groups is 1. The number of carbonyl (C=O) groups excluding carboxylic acids is 1. The maximum atomic E-state index is 13.0. The van der Waals surface area contributed by atoms with Crippen LogP contribution >= 0.6 is 23.2 Å². The van der Waals surface area contributed by atoms with Crippen LogP contribution in [0.2, 0.25) is 14.8 Å². The summed E-state index contributed by atoms with van der Waals surface area (Å²) in [5.74, 6) is -0.720. The van der Waals surface area contributed by atoms with Gasteiger partial charge in [0.2, 0.25) is 0 Å². The van der Waals surface area contributed by atoms with Gasteiger partial charge in [-0.25, -0.2) is 0 Å². The van der Waals surface area contributed by atoms with Crippen LogP contribution in [-0.2, 0) is 4.79 Å². The Balaban J connectivity index is 2.85. The molecule has 21 heavy (non-hydrogen) atoms. The number of aliphatic hydroxyl groups excluding tert-OH is 1. The standard InChI is InChI=1S/C11H11Cl2FNO2.3CH3.Sn/c12-10(13)11(17)15-8(6-14)9(16)7-4-2-1-3-5-7;;;;/h2-5,8-10,16H,6H2,(H,15,17);3*1H3;/t8-,9-;;;;/m1..../s1. The van der Waals surface area contributed by atoms with Crippen LogP contribution in [0.15, 0.2) is 24.3 Å². The summed E-state index contributed by atoms with van der Waals surface area (Å²) in [4.78, 5) is 17.0. The van der Waals surface area contributed by atoms with Crippen molar-refractivity contribution in [2.75, 3.05) is 6.67 Å². The molecule has 0 bridgehead atoms. The quantitative estimate of drug-likeness (QED) is 0.525. The molecule has 1 amide bonds. The van der Waals surface area contributed by atoms with E-state index in [2.05, 4.69) is 20.1 Å². The van der Waals surface area contributed by atoms with Crippen molar-refractivity contribution in [3.8, 4) is 0 Å². The molecule has 0 aliphatic rings. The predicted octanol–water partition coefficient (Wildman–Crippen LogP) is 2.52. The van der Waals surface area contributed by atoms with Crippen LogP contribution in [0.3, 0.4) is 0 Å². The van der Waals surface area contributed by atoms with Crippen molar-refractivity contribution in [1.29, 1.82) is 0 Å². The molecule has 0 unspecified atom stereocenters. The van der Waals surface area contributed by atoms with Gasteiger partial charge in [0.15, 0.2) is 0 Å². The molecule has 118 valence electrons. The normalized spacial score (nSPS) is 14.9. The van der Waals surface area contributed by atoms with Gasteiger partial charge in [0, 0.05) is 0 Å². The third-order valence-electron chi connectivity index (χ3n) is 3.19. The van der Waals surface area contributed by atoms with Crippen LogP contribution in [0.4, 0.5) is 4.39 Å². The first-order chi connectivity index (χ1) is 9.66. The fraction of sp³-hybridized carbons (Fsp3) is 0.500. The van der Waals surface area contributed by atoms with Gasteiger partial charge in [0.05, 0.1) is 0 Å². The van der Waals surface area contributed by atoms with Crippen molar-refractivity contribution >= 4 is 51.1 Å². The molecule has 0 aromatic heterocycles. The molecular weight excluding hydrogens is 423 g/mol. The number of nitrogens with one attached hydrogen (secondary N) is 1. The molecule has 0 radical (unpaired) electrons. The monoisotopic (exact) mass is 443 g/mol. The average molecular weight is 443 g/mol. The van der Waals surface area contributed by atoms with Crippen LogP contribution in [0.1, 0.15) is 11.7 Å². The molecular formula is C14H20Cl2FNO2Sn. The topological polar surface area (TPSA) is 49.3 Å². The van der Waals surface area contributed by atoms with Gasteiger partial charge < -0.3 is 0 Å². The second-order valence-corrected chi connectivity index (χ2v) is 21.5. The molecule has 3 nitrogen and oxygen atoms in total. The van der Waals surface area contributed by atoms with E-state index in [9.17, 15) is 14.3 Å². The predicted molar refractivity (Wildman–Crippen MR) is 87.8 cm³/mol. The molecule has 0 aliphatic carbocycles. The minimum atomic E-state index is -2.15. The zero-order valence-corrected chi connectivity index (χ0v) is 16.6. The van der Waals surface area contributed by atoms with E-state index < -0.39 is 47.9 Å². The SMILES string of the molecule is [CH3][Sn]([CH3])([CH3])[c]1ccc([C@@H](O)[C@@H](CF)NC(=O)C(Cl)Cl)cc1. The van der Waals surface area contributed by atoms with E-state index in [4.69, 9.17) is 23.2 Å². The van der Waals surface area contributed by atoms with Gasteiger partial charge in [-0.2, -0.15) is 0 Å². The first-order valence-electron chi connectivity index (χ1n) is 6.59. The molecule has 1 aromatic rings. The van der Waals surface area contributed by atoms with Gasteiger partial charge in [-0.3, -0.25) is 0 Å². The van der Waals surface area contributed by atoms with E-state index in [1.165, 1.54) is 3.58 Å². The Hall–Kier alpha value is -0.0413. The Morgan fingerprint density at radius 3 is 2.19 bits per heavy atom. The minimum absolute atomic E-state index is 0.554. The molecule has 0 spiro atoms. The second kappa shape index (κ2) is 7.99. The molecule has 1 rings (SSSR count). The van der Waals surface area contributed by atoms with E-state index in [1.54, 1.807) is 12.1 Å². The molecule has 0 saturated carbocycles. The van der Waals surface area contributed by atoms with Crippen molar-refractivity contribution in [3.63, 3.8) is 0 Å². The summed E-state index contributed by atoms with van der Waals surface area (Å²) < 4.78 is 14.3. The number of benzene rings is 1. The second-order valence-electron chi connectivity index (χ2n) is 5.89. The van der Waals surface area contributed by atoms with E-state index in [-0.39, 0.29) is 0 Å². The zero-order chi connectivity index (χ0) is 16.2. The Morgan fingerprint density at radius 1 is 1.29 bits per heavy atom.